The van der Waals surface area contributed by atoms with Gasteiger partial charge in [0.05, 0.1) is 0 Å². The third kappa shape index (κ3) is 2.60. The van der Waals surface area contributed by atoms with E-state index in [1.165, 1.54) is 18.2 Å². The Balaban J connectivity index is 2.28. The first-order chi connectivity index (χ1) is 8.58. The number of aromatic hydroxyl groups is 2. The van der Waals surface area contributed by atoms with Crippen molar-refractivity contribution in [3.8, 4) is 11.5 Å². The van der Waals surface area contributed by atoms with E-state index < -0.39 is 5.91 Å². The molecule has 0 saturated carbocycles. The minimum Gasteiger partial charge on any atom is -0.507 e. The summed E-state index contributed by atoms with van der Waals surface area (Å²) in [6, 6.07) is 9.11. The number of anilines is 1. The van der Waals surface area contributed by atoms with Crippen molar-refractivity contribution in [1.29, 1.82) is 0 Å². The van der Waals surface area contributed by atoms with Crippen LogP contribution in [-0.4, -0.2) is 21.1 Å². The summed E-state index contributed by atoms with van der Waals surface area (Å²) >= 11 is 3.18. The summed E-state index contributed by atoms with van der Waals surface area (Å²) in [6.07, 6.45) is 0. The molecule has 0 aliphatic carbocycles. The molecule has 5 nitrogen and oxygen atoms in total. The van der Waals surface area contributed by atoms with Crippen LogP contribution in [0.1, 0.15) is 10.4 Å². The van der Waals surface area contributed by atoms with E-state index in [1.807, 2.05) is 0 Å². The highest BCUT2D eigenvalue weighted by Gasteiger charge is 2.16. The van der Waals surface area contributed by atoms with Crippen LogP contribution in [0.5, 0.6) is 11.5 Å². The second-order valence-electron chi connectivity index (χ2n) is 3.47. The third-order valence-corrected chi connectivity index (χ3v) is 2.65. The molecule has 92 valence electrons. The molecule has 0 aliphatic rings. The number of benzene rings is 1. The Labute approximate surface area is 111 Å². The number of hydrogen-bond donors (Lipinski definition) is 3. The minimum absolute atomic E-state index is 0.181. The molecule has 2 aromatic rings. The van der Waals surface area contributed by atoms with Crippen LogP contribution in [0.3, 0.4) is 0 Å². The molecule has 0 bridgehead atoms. The van der Waals surface area contributed by atoms with Crippen LogP contribution in [0.2, 0.25) is 0 Å². The summed E-state index contributed by atoms with van der Waals surface area (Å²) in [6.45, 7) is 0. The average Bonchev–Trinajstić information content (AvgIpc) is 2.28. The predicted molar refractivity (Wildman–Crippen MR) is 69.7 cm³/mol. The van der Waals surface area contributed by atoms with Crippen molar-refractivity contribution in [2.75, 3.05) is 5.32 Å². The Bertz CT molecular complexity index is 581. The molecular weight excluding hydrogens is 300 g/mol. The summed E-state index contributed by atoms with van der Waals surface area (Å²) < 4.78 is 0.571. The lowest BCUT2D eigenvalue weighted by Gasteiger charge is -2.07. The van der Waals surface area contributed by atoms with Gasteiger partial charge in [-0.15, -0.1) is 0 Å². The Morgan fingerprint density at radius 2 is 1.72 bits per heavy atom. The Morgan fingerprint density at radius 3 is 2.33 bits per heavy atom. The fourth-order valence-corrected chi connectivity index (χ4v) is 1.76. The zero-order chi connectivity index (χ0) is 13.1. The van der Waals surface area contributed by atoms with Crippen LogP contribution in [0.15, 0.2) is 41.0 Å². The number of carbonyl (C=O) groups is 1. The molecule has 18 heavy (non-hydrogen) atoms. The van der Waals surface area contributed by atoms with Crippen LogP contribution >= 0.6 is 15.9 Å². The highest BCUT2D eigenvalue weighted by atomic mass is 79.9. The van der Waals surface area contributed by atoms with Gasteiger partial charge in [0.15, 0.2) is 0 Å². The van der Waals surface area contributed by atoms with Gasteiger partial charge in [0.25, 0.3) is 5.91 Å². The van der Waals surface area contributed by atoms with Crippen LogP contribution in [0, 0.1) is 0 Å². The molecule has 0 unspecified atom stereocenters. The quantitative estimate of drug-likeness (QED) is 0.744. The van der Waals surface area contributed by atoms with Gasteiger partial charge < -0.3 is 15.5 Å². The van der Waals surface area contributed by atoms with Gasteiger partial charge in [0.1, 0.15) is 27.5 Å². The highest BCUT2D eigenvalue weighted by Crippen LogP contribution is 2.26. The van der Waals surface area contributed by atoms with Crippen LogP contribution in [0.25, 0.3) is 0 Å². The van der Waals surface area contributed by atoms with Crippen molar-refractivity contribution in [3.05, 3.63) is 46.6 Å². The molecule has 0 radical (unpaired) electrons. The lowest BCUT2D eigenvalue weighted by atomic mass is 10.1. The largest absolute Gasteiger partial charge is 0.507 e. The predicted octanol–water partition coefficient (Wildman–Crippen LogP) is 2.51. The second-order valence-corrected chi connectivity index (χ2v) is 4.28. The average molecular weight is 309 g/mol. The molecule has 0 saturated heterocycles. The summed E-state index contributed by atoms with van der Waals surface area (Å²) in [5.41, 5.74) is -0.181. The minimum atomic E-state index is -0.629. The van der Waals surface area contributed by atoms with E-state index in [1.54, 1.807) is 18.2 Å². The number of pyridine rings is 1. The first-order valence-corrected chi connectivity index (χ1v) is 5.82. The van der Waals surface area contributed by atoms with Gasteiger partial charge in [-0.25, -0.2) is 4.98 Å². The molecule has 1 amide bonds. The highest BCUT2D eigenvalue weighted by molar-refractivity contribution is 9.10. The summed E-state index contributed by atoms with van der Waals surface area (Å²) in [5.74, 6) is -0.891. The Morgan fingerprint density at radius 1 is 1.11 bits per heavy atom. The number of phenolic OH excluding ortho intramolecular Hbond substituents is 2. The summed E-state index contributed by atoms with van der Waals surface area (Å²) in [5, 5.41) is 21.6. The monoisotopic (exact) mass is 308 g/mol. The van der Waals surface area contributed by atoms with Crippen molar-refractivity contribution in [3.63, 3.8) is 0 Å². The van der Waals surface area contributed by atoms with Gasteiger partial charge in [0, 0.05) is 0 Å². The number of nitrogens with one attached hydrogen (secondary N) is 1. The van der Waals surface area contributed by atoms with Crippen LogP contribution in [-0.2, 0) is 0 Å². The molecule has 1 aromatic heterocycles. The fraction of sp³-hybridized carbons (Fsp3) is 0. The zero-order valence-electron chi connectivity index (χ0n) is 9.09. The van der Waals surface area contributed by atoms with Gasteiger partial charge in [0.2, 0.25) is 0 Å². The van der Waals surface area contributed by atoms with Crippen molar-refractivity contribution in [2.45, 2.75) is 0 Å². The number of hydrogen-bond acceptors (Lipinski definition) is 4. The first-order valence-electron chi connectivity index (χ1n) is 5.03. The number of halogens is 1. The summed E-state index contributed by atoms with van der Waals surface area (Å²) in [7, 11) is 0. The topological polar surface area (TPSA) is 82.5 Å². The summed E-state index contributed by atoms with van der Waals surface area (Å²) in [4.78, 5) is 15.9. The van der Waals surface area contributed by atoms with Crippen LogP contribution < -0.4 is 5.32 Å². The molecule has 6 heteroatoms. The molecule has 1 heterocycles. The maximum absolute atomic E-state index is 11.9. The van der Waals surface area contributed by atoms with Crippen molar-refractivity contribution in [2.24, 2.45) is 0 Å². The first kappa shape index (κ1) is 12.4. The maximum Gasteiger partial charge on any atom is 0.264 e. The smallest absolute Gasteiger partial charge is 0.264 e. The van der Waals surface area contributed by atoms with Gasteiger partial charge in [-0.1, -0.05) is 12.1 Å². The normalized spacial score (nSPS) is 10.1. The van der Waals surface area contributed by atoms with E-state index in [0.717, 1.165) is 0 Å². The zero-order valence-corrected chi connectivity index (χ0v) is 10.7. The van der Waals surface area contributed by atoms with E-state index in [0.29, 0.717) is 10.4 Å². The number of carbonyl (C=O) groups excluding carboxylic acids is 1. The lowest BCUT2D eigenvalue weighted by molar-refractivity contribution is 0.102. The van der Waals surface area contributed by atoms with Gasteiger partial charge >= 0.3 is 0 Å². The molecule has 3 N–H and O–H groups in total. The van der Waals surface area contributed by atoms with E-state index >= 15 is 0 Å². The molecule has 1 aromatic carbocycles. The maximum atomic E-state index is 11.9. The van der Waals surface area contributed by atoms with Crippen molar-refractivity contribution in [1.82, 2.24) is 4.98 Å². The Kier molecular flexibility index (Phi) is 3.47. The van der Waals surface area contributed by atoms with E-state index in [9.17, 15) is 15.0 Å². The number of nitrogens with zero attached hydrogens (tertiary/aromatic N) is 1. The standard InChI is InChI=1S/C12H9BrN2O3/c13-9-5-2-6-10(14-9)15-12(18)11-7(16)3-1-4-8(11)17/h1-6,16-17H,(H,14,15,18). The molecule has 0 spiro atoms. The van der Waals surface area contributed by atoms with Gasteiger partial charge in [-0.3, -0.25) is 4.79 Å². The van der Waals surface area contributed by atoms with Gasteiger partial charge in [-0.05, 0) is 40.2 Å². The third-order valence-electron chi connectivity index (χ3n) is 2.20. The van der Waals surface area contributed by atoms with Crippen molar-refractivity contribution < 1.29 is 15.0 Å². The lowest BCUT2D eigenvalue weighted by Crippen LogP contribution is -2.13. The van der Waals surface area contributed by atoms with E-state index in [2.05, 4.69) is 26.2 Å². The molecule has 0 aliphatic heterocycles. The van der Waals surface area contributed by atoms with E-state index in [-0.39, 0.29) is 17.1 Å². The second kappa shape index (κ2) is 5.05. The molecular formula is C12H9BrN2O3. The van der Waals surface area contributed by atoms with E-state index in [4.69, 9.17) is 0 Å². The molecule has 0 fully saturated rings. The molecule has 0 atom stereocenters. The number of aromatic nitrogens is 1. The van der Waals surface area contributed by atoms with Gasteiger partial charge in [-0.2, -0.15) is 0 Å². The Hall–Kier alpha value is -2.08. The SMILES string of the molecule is O=C(Nc1cccc(Br)n1)c1c(O)cccc1O. The van der Waals surface area contributed by atoms with Crippen molar-refractivity contribution >= 4 is 27.7 Å². The van der Waals surface area contributed by atoms with Crippen LogP contribution in [0.4, 0.5) is 5.82 Å². The fourth-order valence-electron chi connectivity index (χ4n) is 1.42. The number of phenols is 2. The number of rotatable bonds is 2. The number of amides is 1. The molecule has 2 rings (SSSR count).